The van der Waals surface area contributed by atoms with Gasteiger partial charge in [0.2, 0.25) is 0 Å². The van der Waals surface area contributed by atoms with E-state index in [-0.39, 0.29) is 11.7 Å². The molecule has 1 aromatic heterocycles. The molecule has 0 amide bonds. The molecule has 2 aromatic rings. The molecule has 0 saturated carbocycles. The van der Waals surface area contributed by atoms with Crippen LogP contribution in [0.15, 0.2) is 29.1 Å². The Labute approximate surface area is 200 Å². The number of methoxy groups -OCH3 is 1. The second-order valence-corrected chi connectivity index (χ2v) is 9.01. The van der Waals surface area contributed by atoms with Crippen LogP contribution in [0.5, 0.6) is 5.75 Å². The van der Waals surface area contributed by atoms with Gasteiger partial charge in [-0.3, -0.25) is 9.69 Å². The monoisotopic (exact) mass is 474 g/mol. The number of hydrogen-bond acceptors (Lipinski definition) is 6. The van der Waals surface area contributed by atoms with E-state index in [4.69, 9.17) is 26.4 Å². The molecule has 0 radical (unpaired) electrons. The van der Waals surface area contributed by atoms with E-state index in [0.29, 0.717) is 23.8 Å². The molecule has 0 aliphatic carbocycles. The van der Waals surface area contributed by atoms with Crippen LogP contribution in [0, 0.1) is 0 Å². The number of hydrogen-bond donors (Lipinski definition) is 2. The molecule has 8 nitrogen and oxygen atoms in total. The summed E-state index contributed by atoms with van der Waals surface area (Å²) < 4.78 is 16.4. The van der Waals surface area contributed by atoms with Crippen molar-refractivity contribution in [2.75, 3.05) is 59.7 Å². The number of morpholine rings is 1. The highest BCUT2D eigenvalue weighted by atomic mass is 32.1. The molecule has 0 bridgehead atoms. The average Bonchev–Trinajstić information content (AvgIpc) is 3.36. The first-order chi connectivity index (χ1) is 16.1. The molecule has 180 valence electrons. The first-order valence-corrected chi connectivity index (χ1v) is 12.2. The zero-order chi connectivity index (χ0) is 23.0. The van der Waals surface area contributed by atoms with Crippen LogP contribution in [0.25, 0.3) is 10.9 Å². The van der Waals surface area contributed by atoms with Crippen molar-refractivity contribution in [3.05, 3.63) is 40.2 Å². The van der Waals surface area contributed by atoms with Crippen molar-refractivity contribution >= 4 is 28.2 Å². The van der Waals surface area contributed by atoms with Gasteiger partial charge >= 0.3 is 0 Å². The highest BCUT2D eigenvalue weighted by molar-refractivity contribution is 7.80. The minimum atomic E-state index is -0.101. The Bertz CT molecular complexity index is 986. The Kier molecular flexibility index (Phi) is 8.55. The lowest BCUT2D eigenvalue weighted by Crippen LogP contribution is -2.44. The highest BCUT2D eigenvalue weighted by Crippen LogP contribution is 2.19. The molecule has 2 fully saturated rings. The number of aromatic amines is 1. The summed E-state index contributed by atoms with van der Waals surface area (Å²) >= 11 is 5.75. The van der Waals surface area contributed by atoms with Crippen molar-refractivity contribution in [3.8, 4) is 5.75 Å². The summed E-state index contributed by atoms with van der Waals surface area (Å²) in [5, 5.41) is 5.01. The van der Waals surface area contributed by atoms with E-state index >= 15 is 0 Å². The number of pyridine rings is 1. The summed E-state index contributed by atoms with van der Waals surface area (Å²) in [6.07, 6.45) is 3.32. The second kappa shape index (κ2) is 11.8. The number of thiocarbonyl (C=S) groups is 1. The molecule has 1 aromatic carbocycles. The van der Waals surface area contributed by atoms with Gasteiger partial charge in [0.15, 0.2) is 5.11 Å². The molecule has 3 heterocycles. The van der Waals surface area contributed by atoms with E-state index in [1.807, 2.05) is 24.3 Å². The van der Waals surface area contributed by atoms with Gasteiger partial charge in [-0.05, 0) is 55.1 Å². The summed E-state index contributed by atoms with van der Waals surface area (Å²) in [5.41, 5.74) is 1.36. The van der Waals surface area contributed by atoms with Crippen molar-refractivity contribution in [2.45, 2.75) is 31.9 Å². The normalized spacial score (nSPS) is 19.0. The smallest absolute Gasteiger partial charge is 0.253 e. The van der Waals surface area contributed by atoms with Crippen LogP contribution >= 0.6 is 12.2 Å². The standard InChI is InChI=1S/C24H34N4O4S/c1-30-20-6-5-18-14-19(23(29)26-22(18)15-20)17-28(8-3-7-27-9-12-31-13-10-27)24(33)25-16-21-4-2-11-32-21/h5-6,14-15,21H,2-4,7-13,16-17H2,1H3,(H,25,33)(H,26,29)/t21-/m1/s1. The van der Waals surface area contributed by atoms with Crippen LogP contribution in [-0.2, 0) is 16.0 Å². The Morgan fingerprint density at radius 2 is 2.15 bits per heavy atom. The van der Waals surface area contributed by atoms with Crippen LogP contribution in [0.1, 0.15) is 24.8 Å². The minimum absolute atomic E-state index is 0.101. The molecule has 1 atom stereocenters. The van der Waals surface area contributed by atoms with E-state index in [1.165, 1.54) is 0 Å². The fourth-order valence-corrected chi connectivity index (χ4v) is 4.60. The largest absolute Gasteiger partial charge is 0.497 e. The first-order valence-electron chi connectivity index (χ1n) is 11.8. The molecular formula is C24H34N4O4S. The molecule has 2 N–H and O–H groups in total. The van der Waals surface area contributed by atoms with E-state index in [1.54, 1.807) is 7.11 Å². The van der Waals surface area contributed by atoms with Crippen molar-refractivity contribution < 1.29 is 14.2 Å². The van der Waals surface area contributed by atoms with Gasteiger partial charge in [0.05, 0.1) is 38.5 Å². The third-order valence-electron chi connectivity index (χ3n) is 6.29. The molecule has 9 heteroatoms. The Morgan fingerprint density at radius 1 is 1.30 bits per heavy atom. The first kappa shape index (κ1) is 23.9. The maximum Gasteiger partial charge on any atom is 0.253 e. The number of rotatable bonds is 9. The van der Waals surface area contributed by atoms with Crippen molar-refractivity contribution in [3.63, 3.8) is 0 Å². The van der Waals surface area contributed by atoms with Gasteiger partial charge in [0.1, 0.15) is 5.75 Å². The Morgan fingerprint density at radius 3 is 2.91 bits per heavy atom. The van der Waals surface area contributed by atoms with Gasteiger partial charge in [-0.25, -0.2) is 0 Å². The van der Waals surface area contributed by atoms with Crippen molar-refractivity contribution in [1.82, 2.24) is 20.1 Å². The van der Waals surface area contributed by atoms with E-state index in [0.717, 1.165) is 81.9 Å². The number of nitrogens with one attached hydrogen (secondary N) is 2. The molecule has 2 aliphatic heterocycles. The number of nitrogens with zero attached hydrogens (tertiary/aromatic N) is 2. The lowest BCUT2D eigenvalue weighted by Gasteiger charge is -2.30. The summed E-state index contributed by atoms with van der Waals surface area (Å²) in [6, 6.07) is 7.66. The van der Waals surface area contributed by atoms with Gasteiger partial charge in [-0.1, -0.05) is 0 Å². The second-order valence-electron chi connectivity index (χ2n) is 8.63. The Hall–Kier alpha value is -2.20. The molecule has 2 saturated heterocycles. The maximum absolute atomic E-state index is 12.9. The van der Waals surface area contributed by atoms with Crippen LogP contribution in [0.4, 0.5) is 0 Å². The highest BCUT2D eigenvalue weighted by Gasteiger charge is 2.19. The summed E-state index contributed by atoms with van der Waals surface area (Å²) in [7, 11) is 1.62. The molecule has 0 unspecified atom stereocenters. The summed E-state index contributed by atoms with van der Waals surface area (Å²) in [5.74, 6) is 0.718. The fourth-order valence-electron chi connectivity index (χ4n) is 4.36. The van der Waals surface area contributed by atoms with Gasteiger partial charge < -0.3 is 29.4 Å². The number of ether oxygens (including phenoxy) is 3. The van der Waals surface area contributed by atoms with Gasteiger partial charge in [0.25, 0.3) is 5.56 Å². The molecule has 0 spiro atoms. The van der Waals surface area contributed by atoms with Crippen LogP contribution in [0.2, 0.25) is 0 Å². The van der Waals surface area contributed by atoms with Crippen LogP contribution in [0.3, 0.4) is 0 Å². The van der Waals surface area contributed by atoms with Gasteiger partial charge in [-0.15, -0.1) is 0 Å². The number of benzene rings is 1. The molecule has 2 aliphatic rings. The lowest BCUT2D eigenvalue weighted by atomic mass is 10.1. The van der Waals surface area contributed by atoms with E-state index < -0.39 is 0 Å². The quantitative estimate of drug-likeness (QED) is 0.535. The summed E-state index contributed by atoms with van der Waals surface area (Å²) in [6.45, 7) is 7.26. The SMILES string of the molecule is COc1ccc2cc(CN(CCCN3CCOCC3)C(=S)NC[C@H]3CCCO3)c(=O)[nH]c2c1. The van der Waals surface area contributed by atoms with Crippen molar-refractivity contribution in [2.24, 2.45) is 0 Å². The molecule has 33 heavy (non-hydrogen) atoms. The predicted molar refractivity (Wildman–Crippen MR) is 133 cm³/mol. The van der Waals surface area contributed by atoms with Crippen molar-refractivity contribution in [1.29, 1.82) is 0 Å². The number of aromatic nitrogens is 1. The van der Waals surface area contributed by atoms with E-state index in [9.17, 15) is 4.79 Å². The molecular weight excluding hydrogens is 440 g/mol. The van der Waals surface area contributed by atoms with E-state index in [2.05, 4.69) is 20.1 Å². The lowest BCUT2D eigenvalue weighted by molar-refractivity contribution is 0.0367. The summed E-state index contributed by atoms with van der Waals surface area (Å²) in [4.78, 5) is 20.4. The predicted octanol–water partition coefficient (Wildman–Crippen LogP) is 2.11. The minimum Gasteiger partial charge on any atom is -0.497 e. The Balaban J connectivity index is 1.44. The average molecular weight is 475 g/mol. The topological polar surface area (TPSA) is 79.1 Å². The zero-order valence-electron chi connectivity index (χ0n) is 19.3. The van der Waals surface area contributed by atoms with Crippen LogP contribution < -0.4 is 15.6 Å². The van der Waals surface area contributed by atoms with Gasteiger partial charge in [0, 0.05) is 51.0 Å². The van der Waals surface area contributed by atoms with Gasteiger partial charge in [-0.2, -0.15) is 0 Å². The third-order valence-corrected chi connectivity index (χ3v) is 6.69. The van der Waals surface area contributed by atoms with Crippen LogP contribution in [-0.4, -0.2) is 85.7 Å². The maximum atomic E-state index is 12.9. The number of fused-ring (bicyclic) bond motifs is 1. The third kappa shape index (κ3) is 6.66. The number of H-pyrrole nitrogens is 1. The molecule has 4 rings (SSSR count). The zero-order valence-corrected chi connectivity index (χ0v) is 20.1. The fraction of sp³-hybridized carbons (Fsp3) is 0.583.